The maximum atomic E-state index is 12.1. The van der Waals surface area contributed by atoms with Gasteiger partial charge in [-0.2, -0.15) is 0 Å². The number of fused-ring (bicyclic) bond motifs is 5. The summed E-state index contributed by atoms with van der Waals surface area (Å²) in [5.41, 5.74) is 1.79. The first-order chi connectivity index (χ1) is 14.8. The van der Waals surface area contributed by atoms with Crippen molar-refractivity contribution in [2.75, 3.05) is 11.9 Å². The molecule has 188 valence electrons. The number of unbranched alkanes of at least 4 members (excludes halogenated alkanes) is 1. The Kier molecular flexibility index (Phi) is 7.72. The van der Waals surface area contributed by atoms with Gasteiger partial charge in [-0.3, -0.25) is 0 Å². The molecule has 6 nitrogen and oxygen atoms in total. The van der Waals surface area contributed by atoms with Crippen molar-refractivity contribution in [1.82, 2.24) is 4.98 Å². The molecule has 0 aliphatic heterocycles. The van der Waals surface area contributed by atoms with Crippen LogP contribution in [-0.4, -0.2) is 38.8 Å². The minimum absolute atomic E-state index is 0. The predicted molar refractivity (Wildman–Crippen MR) is 134 cm³/mol. The molecule has 0 spiro atoms. The Balaban J connectivity index is 0.00000153. The first-order valence-electron chi connectivity index (χ1n) is 12.6. The highest BCUT2D eigenvalue weighted by Crippen LogP contribution is 2.69. The van der Waals surface area contributed by atoms with Gasteiger partial charge in [0, 0.05) is 17.3 Å². The van der Waals surface area contributed by atoms with Crippen LogP contribution in [0.25, 0.3) is 0 Å². The number of nitrogens with zero attached hydrogens (tertiary/aromatic N) is 1. The molecule has 7 N–H and O–H groups in total. The maximum absolute atomic E-state index is 12.1. The number of hydrogen-bond acceptors (Lipinski definition) is 5. The van der Waals surface area contributed by atoms with Crippen molar-refractivity contribution in [2.24, 2.45) is 28.6 Å². The van der Waals surface area contributed by atoms with Crippen LogP contribution >= 0.6 is 11.3 Å². The first kappa shape index (κ1) is 26.6. The lowest BCUT2D eigenvalue weighted by Crippen LogP contribution is -2.54. The van der Waals surface area contributed by atoms with Gasteiger partial charge in [0.2, 0.25) is 0 Å². The van der Waals surface area contributed by atoms with Crippen LogP contribution in [0.15, 0.2) is 17.0 Å². The summed E-state index contributed by atoms with van der Waals surface area (Å²) in [6.07, 6.45) is 12.9. The second-order valence-corrected chi connectivity index (χ2v) is 12.2. The Hall–Kier alpha value is -0.990. The Labute approximate surface area is 202 Å². The van der Waals surface area contributed by atoms with Crippen molar-refractivity contribution in [3.63, 3.8) is 0 Å². The fraction of sp³-hybridized carbons (Fsp3) is 0.808. The lowest BCUT2D eigenvalue weighted by molar-refractivity contribution is -0.134. The van der Waals surface area contributed by atoms with Gasteiger partial charge in [-0.15, -0.1) is 11.3 Å². The Bertz CT molecular complexity index is 859. The lowest BCUT2D eigenvalue weighted by atomic mass is 9.46. The predicted octanol–water partition coefficient (Wildman–Crippen LogP) is 4.22. The number of nitrogens with one attached hydrogen (secondary N) is 1. The molecular weight excluding hydrogens is 436 g/mol. The van der Waals surface area contributed by atoms with Crippen LogP contribution in [0, 0.1) is 28.6 Å². The molecule has 3 fully saturated rings. The minimum Gasteiger partial charge on any atom is -0.412 e. The van der Waals surface area contributed by atoms with Gasteiger partial charge in [-0.25, -0.2) is 4.98 Å². The topological polar surface area (TPSA) is 128 Å². The minimum atomic E-state index is -0.802. The van der Waals surface area contributed by atoms with E-state index in [1.54, 1.807) is 11.3 Å². The van der Waals surface area contributed by atoms with Crippen molar-refractivity contribution in [2.45, 2.75) is 96.7 Å². The summed E-state index contributed by atoms with van der Waals surface area (Å²) < 4.78 is 0. The molecule has 1 aromatic rings. The average Bonchev–Trinajstić information content (AvgIpc) is 3.32. The molecule has 0 unspecified atom stereocenters. The van der Waals surface area contributed by atoms with Gasteiger partial charge in [0.1, 0.15) is 5.60 Å². The van der Waals surface area contributed by atoms with E-state index in [4.69, 9.17) is 4.98 Å². The Morgan fingerprint density at radius 1 is 1.09 bits per heavy atom. The van der Waals surface area contributed by atoms with Crippen molar-refractivity contribution >= 4 is 16.5 Å². The summed E-state index contributed by atoms with van der Waals surface area (Å²) in [7, 11) is 0. The SMILES string of the molecule is CCCCNc1nc([C@@]2(O)CC[C@H]3[C@@H]4CCC5=C[C@@H](O)CC[C@]5(C)[C@H]4CC[C@@]32C)cs1.O.O. The highest BCUT2D eigenvalue weighted by atomic mass is 32.1. The monoisotopic (exact) mass is 480 g/mol. The number of hydrogen-bond donors (Lipinski definition) is 3. The van der Waals surface area contributed by atoms with Crippen molar-refractivity contribution in [3.05, 3.63) is 22.7 Å². The second kappa shape index (κ2) is 9.57. The molecule has 0 aromatic carbocycles. The van der Waals surface area contributed by atoms with Crippen LogP contribution in [0.1, 0.15) is 90.7 Å². The van der Waals surface area contributed by atoms with Crippen LogP contribution in [0.2, 0.25) is 0 Å². The number of aromatic nitrogens is 1. The highest BCUT2D eigenvalue weighted by molar-refractivity contribution is 7.13. The molecule has 5 rings (SSSR count). The molecular formula is C26H44N2O4S. The fourth-order valence-electron chi connectivity index (χ4n) is 8.06. The summed E-state index contributed by atoms with van der Waals surface area (Å²) in [5.74, 6) is 1.95. The number of aliphatic hydroxyl groups is 2. The molecule has 0 saturated heterocycles. The van der Waals surface area contributed by atoms with Crippen LogP contribution in [0.3, 0.4) is 0 Å². The molecule has 0 radical (unpaired) electrons. The smallest absolute Gasteiger partial charge is 0.182 e. The third-order valence-corrected chi connectivity index (χ3v) is 10.8. The third kappa shape index (κ3) is 3.98. The average molecular weight is 481 g/mol. The summed E-state index contributed by atoms with van der Waals surface area (Å²) >= 11 is 1.65. The van der Waals surface area contributed by atoms with Gasteiger partial charge < -0.3 is 26.5 Å². The first-order valence-corrected chi connectivity index (χ1v) is 13.5. The molecule has 7 atom stereocenters. The van der Waals surface area contributed by atoms with E-state index >= 15 is 0 Å². The van der Waals surface area contributed by atoms with E-state index < -0.39 is 5.60 Å². The zero-order chi connectivity index (χ0) is 21.9. The van der Waals surface area contributed by atoms with Crippen molar-refractivity contribution in [3.8, 4) is 0 Å². The molecule has 1 aromatic heterocycles. The molecule has 4 aliphatic carbocycles. The highest BCUT2D eigenvalue weighted by Gasteiger charge is 2.65. The zero-order valence-corrected chi connectivity index (χ0v) is 21.3. The Morgan fingerprint density at radius 2 is 1.85 bits per heavy atom. The number of allylic oxidation sites excluding steroid dienone is 1. The van der Waals surface area contributed by atoms with Gasteiger partial charge in [0.25, 0.3) is 0 Å². The van der Waals surface area contributed by atoms with Crippen molar-refractivity contribution in [1.29, 1.82) is 0 Å². The molecule has 0 bridgehead atoms. The fourth-order valence-corrected chi connectivity index (χ4v) is 8.87. The zero-order valence-electron chi connectivity index (χ0n) is 20.5. The largest absolute Gasteiger partial charge is 0.412 e. The number of rotatable bonds is 5. The van der Waals surface area contributed by atoms with Gasteiger partial charge in [-0.05, 0) is 81.0 Å². The third-order valence-electron chi connectivity index (χ3n) is 9.98. The Morgan fingerprint density at radius 3 is 2.61 bits per heavy atom. The summed E-state index contributed by atoms with van der Waals surface area (Å²) in [4.78, 5) is 4.88. The number of aliphatic hydroxyl groups excluding tert-OH is 1. The normalized spacial score (nSPS) is 41.5. The molecule has 0 amide bonds. The van der Waals surface area contributed by atoms with Gasteiger partial charge >= 0.3 is 0 Å². The molecule has 7 heteroatoms. The molecule has 4 aliphatic rings. The molecule has 1 heterocycles. The standard InChI is InChI=1S/C26H40N2O2S.2H2O/c1-4-5-14-27-23-28-22(16-31-23)26(30)13-10-21-19-7-6-17-15-18(29)8-11-24(17,2)20(19)9-12-25(21,26)3;;/h15-16,18-21,29-30H,4-14H2,1-3H3,(H,27,28);2*1H2/t18-,19+,20-,21-,24-,25-,26-;;/m0../s1. The lowest BCUT2D eigenvalue weighted by Gasteiger charge is -2.59. The van der Waals surface area contributed by atoms with Gasteiger partial charge in [0.05, 0.1) is 11.8 Å². The van der Waals surface area contributed by atoms with Crippen molar-refractivity contribution < 1.29 is 21.2 Å². The van der Waals surface area contributed by atoms with E-state index in [1.165, 1.54) is 24.8 Å². The second-order valence-electron chi connectivity index (χ2n) is 11.3. The summed E-state index contributed by atoms with van der Waals surface area (Å²) in [6.45, 7) is 7.99. The number of thiazole rings is 1. The van der Waals surface area contributed by atoms with E-state index in [-0.39, 0.29) is 27.9 Å². The van der Waals surface area contributed by atoms with Gasteiger partial charge in [0.15, 0.2) is 5.13 Å². The number of anilines is 1. The van der Waals surface area contributed by atoms with Gasteiger partial charge in [-0.1, -0.05) is 38.8 Å². The van der Waals surface area contributed by atoms with Crippen LogP contribution in [0.4, 0.5) is 5.13 Å². The van der Waals surface area contributed by atoms with Crippen LogP contribution < -0.4 is 5.32 Å². The van der Waals surface area contributed by atoms with Crippen LogP contribution in [0.5, 0.6) is 0 Å². The summed E-state index contributed by atoms with van der Waals surface area (Å²) in [5, 5.41) is 28.8. The molecule has 3 saturated carbocycles. The maximum Gasteiger partial charge on any atom is 0.182 e. The van der Waals surface area contributed by atoms with Crippen LogP contribution in [-0.2, 0) is 5.60 Å². The quantitative estimate of drug-likeness (QED) is 0.430. The summed E-state index contributed by atoms with van der Waals surface area (Å²) in [6, 6.07) is 0. The molecule has 33 heavy (non-hydrogen) atoms. The van der Waals surface area contributed by atoms with E-state index in [2.05, 4.69) is 37.5 Å². The van der Waals surface area contributed by atoms with E-state index in [0.717, 1.165) is 62.3 Å². The van der Waals surface area contributed by atoms with E-state index in [1.807, 2.05) is 0 Å². The van der Waals surface area contributed by atoms with E-state index in [9.17, 15) is 10.2 Å². The van der Waals surface area contributed by atoms with E-state index in [0.29, 0.717) is 17.8 Å².